The van der Waals surface area contributed by atoms with Crippen molar-refractivity contribution < 1.29 is 78.8 Å². The lowest BCUT2D eigenvalue weighted by molar-refractivity contribution is -0.187. The van der Waals surface area contributed by atoms with Crippen LogP contribution in [0.15, 0.2) is 122 Å². The largest absolute Gasteiger partial charge is 0.478 e. The molecular weight excluding hydrogens is 945 g/mol. The van der Waals surface area contributed by atoms with Gasteiger partial charge in [0.05, 0.1) is 79.7 Å². The molecule has 6 N–H and O–H groups in total. The van der Waals surface area contributed by atoms with E-state index in [2.05, 4.69) is 40.3 Å². The van der Waals surface area contributed by atoms with Crippen LogP contribution in [0.1, 0.15) is 82.9 Å². The highest BCUT2D eigenvalue weighted by molar-refractivity contribution is 6.00. The fourth-order valence-corrected chi connectivity index (χ4v) is 6.71. The molecule has 0 saturated carbocycles. The van der Waals surface area contributed by atoms with Gasteiger partial charge in [-0.1, -0.05) is 0 Å². The molecule has 0 aliphatic heterocycles. The van der Waals surface area contributed by atoms with E-state index >= 15 is 0 Å². The summed E-state index contributed by atoms with van der Waals surface area (Å²) in [6, 6.07) is 19.4. The molecule has 8 aromatic rings. The van der Waals surface area contributed by atoms with Crippen LogP contribution in [-0.2, 0) is 9.78 Å². The molecule has 0 atom stereocenters. The third-order valence-electron chi connectivity index (χ3n) is 10.2. The van der Waals surface area contributed by atoms with E-state index in [1.165, 1.54) is 85.5 Å². The third kappa shape index (κ3) is 10.4. The first-order chi connectivity index (χ1) is 34.4. The number of carboxylic acid groups (broad SMARTS) is 6. The second-order valence-electron chi connectivity index (χ2n) is 15.0. The molecule has 24 nitrogen and oxygen atoms in total. The zero-order chi connectivity index (χ0) is 51.4. The zero-order valence-corrected chi connectivity index (χ0v) is 35.9. The van der Waals surface area contributed by atoms with Crippen LogP contribution in [-0.4, -0.2) is 119 Å². The topological polar surface area (TPSA) is 380 Å². The number of carbonyl (C=O) groups is 8. The summed E-state index contributed by atoms with van der Waals surface area (Å²) in [7, 11) is 0. The molecule has 4 aromatic carbocycles. The van der Waals surface area contributed by atoms with E-state index in [1.54, 1.807) is 0 Å². The van der Waals surface area contributed by atoms with Crippen molar-refractivity contribution in [1.82, 2.24) is 40.3 Å². The molecule has 8 rings (SSSR count). The standard InChI is InChI=1S/C48H26N8O16/c57-41(58)25-5-21(6-26(13-25)42(59)60)34-1-2-36(55-53-34)33-17-51-40(52-18-33)24-11-30(46(67)68)16-32(12-24)48(70)72-71-47(69)31-10-23(9-29(15-31)45(65)66)38-19-50-39(20-49-38)37-4-3-35(54-56-37)22-7-27(43(61)62)14-28(8-22)44(63)64/h1-20H,(H,57,58)(H,59,60)(H,61,62)(H,63,64)(H,65,66)(H,67,68). The van der Waals surface area contributed by atoms with Gasteiger partial charge in [-0.3, -0.25) is 9.97 Å². The number of hydrogen-bond donors (Lipinski definition) is 6. The Labute approximate surface area is 400 Å². The minimum absolute atomic E-state index is 0.0167. The van der Waals surface area contributed by atoms with Gasteiger partial charge in [-0.2, -0.15) is 0 Å². The lowest BCUT2D eigenvalue weighted by Crippen LogP contribution is -2.14. The van der Waals surface area contributed by atoms with Crippen molar-refractivity contribution in [1.29, 1.82) is 0 Å². The smallest absolute Gasteiger partial charge is 0.386 e. The van der Waals surface area contributed by atoms with E-state index in [9.17, 15) is 69.0 Å². The number of benzene rings is 4. The summed E-state index contributed by atoms with van der Waals surface area (Å²) in [5.74, 6) is -11.0. The van der Waals surface area contributed by atoms with E-state index in [0.717, 1.165) is 36.4 Å². The Balaban J connectivity index is 0.961. The molecule has 4 heterocycles. The van der Waals surface area contributed by atoms with Crippen LogP contribution < -0.4 is 0 Å². The minimum atomic E-state index is -1.46. The Kier molecular flexibility index (Phi) is 13.0. The molecule has 72 heavy (non-hydrogen) atoms. The molecule has 0 aliphatic rings. The van der Waals surface area contributed by atoms with E-state index in [4.69, 9.17) is 9.78 Å². The van der Waals surface area contributed by atoms with E-state index in [-0.39, 0.29) is 84.5 Å². The number of nitrogens with zero attached hydrogens (tertiary/aromatic N) is 8. The van der Waals surface area contributed by atoms with Gasteiger partial charge in [0.15, 0.2) is 5.82 Å². The number of carboxylic acids is 6. The number of aromatic carboxylic acids is 6. The monoisotopic (exact) mass is 970 g/mol. The second kappa shape index (κ2) is 19.7. The van der Waals surface area contributed by atoms with Gasteiger partial charge in [0.25, 0.3) is 0 Å². The number of rotatable bonds is 14. The maximum absolute atomic E-state index is 13.2. The molecule has 24 heteroatoms. The highest BCUT2D eigenvalue weighted by Crippen LogP contribution is 2.28. The molecule has 0 aliphatic carbocycles. The summed E-state index contributed by atoms with van der Waals surface area (Å²) in [4.78, 5) is 123. The quantitative estimate of drug-likeness (QED) is 0.0540. The fourth-order valence-electron chi connectivity index (χ4n) is 6.71. The summed E-state index contributed by atoms with van der Waals surface area (Å²) in [6.45, 7) is 0. The molecule has 0 saturated heterocycles. The van der Waals surface area contributed by atoms with Crippen molar-refractivity contribution >= 4 is 47.8 Å². The Morgan fingerprint density at radius 3 is 0.944 bits per heavy atom. The maximum Gasteiger partial charge on any atom is 0.386 e. The zero-order valence-electron chi connectivity index (χ0n) is 35.9. The predicted octanol–water partition coefficient (Wildman–Crippen LogP) is 5.97. The summed E-state index contributed by atoms with van der Waals surface area (Å²) >= 11 is 0. The van der Waals surface area contributed by atoms with Gasteiger partial charge in [0.1, 0.15) is 11.4 Å². The van der Waals surface area contributed by atoms with Gasteiger partial charge < -0.3 is 30.6 Å². The van der Waals surface area contributed by atoms with E-state index in [1.807, 2.05) is 0 Å². The van der Waals surface area contributed by atoms with Crippen molar-refractivity contribution in [3.05, 3.63) is 166 Å². The molecule has 0 fully saturated rings. The van der Waals surface area contributed by atoms with Gasteiger partial charge in [-0.25, -0.2) is 58.1 Å². The van der Waals surface area contributed by atoms with Gasteiger partial charge in [-0.15, -0.1) is 20.4 Å². The van der Waals surface area contributed by atoms with Gasteiger partial charge in [0, 0.05) is 40.2 Å². The van der Waals surface area contributed by atoms with Gasteiger partial charge in [-0.05, 0) is 97.1 Å². The molecule has 0 radical (unpaired) electrons. The first-order valence-corrected chi connectivity index (χ1v) is 20.2. The van der Waals surface area contributed by atoms with Crippen LogP contribution >= 0.6 is 0 Å². The fraction of sp³-hybridized carbons (Fsp3) is 0. The first-order valence-electron chi connectivity index (χ1n) is 20.2. The van der Waals surface area contributed by atoms with Crippen molar-refractivity contribution in [3.8, 4) is 67.8 Å². The van der Waals surface area contributed by atoms with Crippen molar-refractivity contribution in [2.75, 3.05) is 0 Å². The Morgan fingerprint density at radius 2 is 0.583 bits per heavy atom. The van der Waals surface area contributed by atoms with Gasteiger partial charge in [0.2, 0.25) is 0 Å². The van der Waals surface area contributed by atoms with Crippen molar-refractivity contribution in [3.63, 3.8) is 0 Å². The highest BCUT2D eigenvalue weighted by Gasteiger charge is 2.22. The Bertz CT molecular complexity index is 3270. The average Bonchev–Trinajstić information content (AvgIpc) is 3.39. The first kappa shape index (κ1) is 47.5. The SMILES string of the molecule is O=C(O)c1cc(C(=O)OOC(=O)c2cc(C(=O)O)cc(-c3ncc(-c4ccc(-c5cc(C(=O)O)cc(C(=O)O)c5)nn4)cn3)c2)cc(-c2cnc(-c3ccc(-c4cc(C(=O)O)cc(C(=O)O)c4)nn3)cn2)c1. The predicted molar refractivity (Wildman–Crippen MR) is 240 cm³/mol. The van der Waals surface area contributed by atoms with E-state index in [0.29, 0.717) is 5.56 Å². The van der Waals surface area contributed by atoms with Crippen LogP contribution in [0.5, 0.6) is 0 Å². The number of aromatic nitrogens is 8. The summed E-state index contributed by atoms with van der Waals surface area (Å²) in [5, 5.41) is 73.6. The van der Waals surface area contributed by atoms with Crippen LogP contribution in [0.25, 0.3) is 67.8 Å². The van der Waals surface area contributed by atoms with Gasteiger partial charge >= 0.3 is 47.8 Å². The summed E-state index contributed by atoms with van der Waals surface area (Å²) < 4.78 is 0. The number of hydrogen-bond acceptors (Lipinski definition) is 18. The highest BCUT2D eigenvalue weighted by atomic mass is 17.2. The average molecular weight is 971 g/mol. The molecule has 0 spiro atoms. The third-order valence-corrected chi connectivity index (χ3v) is 10.2. The van der Waals surface area contributed by atoms with Crippen molar-refractivity contribution in [2.24, 2.45) is 0 Å². The summed E-state index contributed by atoms with van der Waals surface area (Å²) in [5.41, 5.74) is -0.926. The molecular formula is C48H26N8O16. The normalized spacial score (nSPS) is 10.7. The maximum atomic E-state index is 13.2. The molecule has 0 bridgehead atoms. The lowest BCUT2D eigenvalue weighted by Gasteiger charge is -2.09. The van der Waals surface area contributed by atoms with E-state index < -0.39 is 70.0 Å². The van der Waals surface area contributed by atoms with Crippen LogP contribution in [0.4, 0.5) is 0 Å². The summed E-state index contributed by atoms with van der Waals surface area (Å²) in [6.07, 6.45) is 5.13. The molecule has 0 amide bonds. The minimum Gasteiger partial charge on any atom is -0.478 e. The molecule has 354 valence electrons. The van der Waals surface area contributed by atoms with Crippen LogP contribution in [0.2, 0.25) is 0 Å². The second-order valence-corrected chi connectivity index (χ2v) is 15.0. The Morgan fingerprint density at radius 1 is 0.292 bits per heavy atom. The van der Waals surface area contributed by atoms with Crippen LogP contribution in [0.3, 0.4) is 0 Å². The van der Waals surface area contributed by atoms with Crippen molar-refractivity contribution in [2.45, 2.75) is 0 Å². The molecule has 0 unspecified atom stereocenters. The lowest BCUT2D eigenvalue weighted by atomic mass is 10.0. The van der Waals surface area contributed by atoms with Crippen LogP contribution in [0, 0.1) is 0 Å². The molecule has 4 aromatic heterocycles. The Hall–Kier alpha value is -11.0. The number of carbonyl (C=O) groups excluding carboxylic acids is 2.